The van der Waals surface area contributed by atoms with Crippen LogP contribution in [-0.4, -0.2) is 13.3 Å². The molecule has 0 heterocycles. The summed E-state index contributed by atoms with van der Waals surface area (Å²) in [5.74, 6) is -0.612. The third-order valence-corrected chi connectivity index (χ3v) is 2.42. The number of hydrogen-bond acceptors (Lipinski definition) is 3. The minimum atomic E-state index is -0.692. The first-order valence-corrected chi connectivity index (χ1v) is 5.57. The van der Waals surface area contributed by atoms with E-state index < -0.39 is 11.6 Å². The first-order chi connectivity index (χ1) is 9.19. The topological polar surface area (TPSA) is 33.6 Å². The van der Waals surface area contributed by atoms with Gasteiger partial charge in [-0.25, -0.2) is 8.78 Å². The van der Waals surface area contributed by atoms with Gasteiger partial charge in [-0.15, -0.1) is 0 Å². The van der Waals surface area contributed by atoms with Crippen LogP contribution >= 0.6 is 0 Å². The molecule has 1 N–H and O–H groups in total. The number of ether oxygens (including phenoxy) is 1. The van der Waals surface area contributed by atoms with Gasteiger partial charge in [-0.2, -0.15) is 5.10 Å². The highest BCUT2D eigenvalue weighted by Gasteiger charge is 2.01. The predicted octanol–water partition coefficient (Wildman–Crippen LogP) is 3.42. The smallest absolute Gasteiger partial charge is 0.151 e. The zero-order chi connectivity index (χ0) is 13.7. The summed E-state index contributed by atoms with van der Waals surface area (Å²) in [6.45, 7) is 0. The molecule has 0 bridgehead atoms. The lowest BCUT2D eigenvalue weighted by molar-refractivity contribution is 0.415. The first-order valence-electron chi connectivity index (χ1n) is 5.57. The molecule has 2 aromatic rings. The zero-order valence-corrected chi connectivity index (χ0v) is 10.2. The van der Waals surface area contributed by atoms with Crippen molar-refractivity contribution in [2.45, 2.75) is 0 Å². The molecule has 3 nitrogen and oxygen atoms in total. The molecule has 0 atom stereocenters. The standard InChI is InChI=1S/C14H12F2N2O/c1-19-12-4-2-3-10(7-12)9-17-18-14-6-5-11(15)8-13(14)16/h2-9,18H,1H3. The summed E-state index contributed by atoms with van der Waals surface area (Å²) in [6, 6.07) is 10.5. The van der Waals surface area contributed by atoms with Crippen LogP contribution in [0.3, 0.4) is 0 Å². The van der Waals surface area contributed by atoms with Crippen molar-refractivity contribution in [3.05, 3.63) is 59.7 Å². The molecule has 2 aromatic carbocycles. The van der Waals surface area contributed by atoms with Crippen LogP contribution < -0.4 is 10.2 Å². The molecule has 0 radical (unpaired) electrons. The molecule has 0 aliphatic heterocycles. The van der Waals surface area contributed by atoms with Crippen molar-refractivity contribution in [2.24, 2.45) is 5.10 Å². The first kappa shape index (κ1) is 13.0. The summed E-state index contributed by atoms with van der Waals surface area (Å²) in [5, 5.41) is 3.88. The molecule has 0 spiro atoms. The van der Waals surface area contributed by atoms with E-state index in [9.17, 15) is 8.78 Å². The van der Waals surface area contributed by atoms with Crippen molar-refractivity contribution in [1.29, 1.82) is 0 Å². The van der Waals surface area contributed by atoms with Crippen molar-refractivity contribution < 1.29 is 13.5 Å². The van der Waals surface area contributed by atoms with Crippen LogP contribution in [0.1, 0.15) is 5.56 Å². The zero-order valence-electron chi connectivity index (χ0n) is 10.2. The normalized spacial score (nSPS) is 10.7. The molecule has 0 aliphatic rings. The second kappa shape index (κ2) is 5.95. The molecular formula is C14H12F2N2O. The fourth-order valence-electron chi connectivity index (χ4n) is 1.48. The molecule has 0 saturated carbocycles. The number of nitrogens with one attached hydrogen (secondary N) is 1. The van der Waals surface area contributed by atoms with Gasteiger partial charge >= 0.3 is 0 Å². The Bertz CT molecular complexity index is 600. The molecule has 19 heavy (non-hydrogen) atoms. The van der Waals surface area contributed by atoms with Gasteiger partial charge in [-0.05, 0) is 29.8 Å². The van der Waals surface area contributed by atoms with Gasteiger partial charge in [-0.3, -0.25) is 5.43 Å². The molecule has 98 valence electrons. The second-order valence-electron chi connectivity index (χ2n) is 3.77. The van der Waals surface area contributed by atoms with E-state index in [2.05, 4.69) is 10.5 Å². The van der Waals surface area contributed by atoms with Gasteiger partial charge in [0.25, 0.3) is 0 Å². The predicted molar refractivity (Wildman–Crippen MR) is 70.6 cm³/mol. The fourth-order valence-corrected chi connectivity index (χ4v) is 1.48. The number of hydrogen-bond donors (Lipinski definition) is 1. The molecule has 2 rings (SSSR count). The number of nitrogens with zero attached hydrogens (tertiary/aromatic N) is 1. The van der Waals surface area contributed by atoms with Crippen molar-refractivity contribution in [2.75, 3.05) is 12.5 Å². The van der Waals surface area contributed by atoms with E-state index in [0.717, 1.165) is 17.7 Å². The molecule has 0 aromatic heterocycles. The Morgan fingerprint density at radius 3 is 2.74 bits per heavy atom. The summed E-state index contributed by atoms with van der Waals surface area (Å²) in [5.41, 5.74) is 3.43. The second-order valence-corrected chi connectivity index (χ2v) is 3.77. The van der Waals surface area contributed by atoms with Crippen LogP contribution in [0.25, 0.3) is 0 Å². The molecular weight excluding hydrogens is 250 g/mol. The summed E-state index contributed by atoms with van der Waals surface area (Å²) >= 11 is 0. The van der Waals surface area contributed by atoms with Gasteiger partial charge < -0.3 is 4.74 Å². The van der Waals surface area contributed by atoms with Crippen LogP contribution in [0, 0.1) is 11.6 Å². The highest BCUT2D eigenvalue weighted by molar-refractivity contribution is 5.80. The van der Waals surface area contributed by atoms with Crippen LogP contribution in [0.5, 0.6) is 5.75 Å². The Labute approximate surface area is 109 Å². The van der Waals surface area contributed by atoms with Gasteiger partial charge in [0.15, 0.2) is 5.82 Å². The minimum Gasteiger partial charge on any atom is -0.497 e. The van der Waals surface area contributed by atoms with Crippen LogP contribution in [0.2, 0.25) is 0 Å². The van der Waals surface area contributed by atoms with Crippen molar-refractivity contribution in [1.82, 2.24) is 0 Å². The van der Waals surface area contributed by atoms with Crippen molar-refractivity contribution >= 4 is 11.9 Å². The van der Waals surface area contributed by atoms with Crippen molar-refractivity contribution in [3.8, 4) is 5.75 Å². The largest absolute Gasteiger partial charge is 0.497 e. The number of anilines is 1. The lowest BCUT2D eigenvalue weighted by Gasteiger charge is -2.02. The fraction of sp³-hybridized carbons (Fsp3) is 0.0714. The number of rotatable bonds is 4. The molecule has 0 unspecified atom stereocenters. The third-order valence-electron chi connectivity index (χ3n) is 2.42. The molecule has 0 fully saturated rings. The van der Waals surface area contributed by atoms with Crippen LogP contribution in [0.4, 0.5) is 14.5 Å². The van der Waals surface area contributed by atoms with E-state index in [4.69, 9.17) is 4.74 Å². The lowest BCUT2D eigenvalue weighted by Crippen LogP contribution is -1.94. The van der Waals surface area contributed by atoms with Crippen molar-refractivity contribution in [3.63, 3.8) is 0 Å². The van der Waals surface area contributed by atoms with Gasteiger partial charge in [0.2, 0.25) is 0 Å². The average Bonchev–Trinajstić information content (AvgIpc) is 2.41. The van der Waals surface area contributed by atoms with Gasteiger partial charge in [0.05, 0.1) is 19.0 Å². The summed E-state index contributed by atoms with van der Waals surface area (Å²) in [6.07, 6.45) is 1.52. The maximum absolute atomic E-state index is 13.3. The monoisotopic (exact) mass is 262 g/mol. The minimum absolute atomic E-state index is 0.112. The average molecular weight is 262 g/mol. The Balaban J connectivity index is 2.06. The number of hydrazone groups is 1. The van der Waals surface area contributed by atoms with E-state index in [1.807, 2.05) is 18.2 Å². The molecule has 0 amide bonds. The summed E-state index contributed by atoms with van der Waals surface area (Å²) in [4.78, 5) is 0. The maximum atomic E-state index is 13.3. The molecule has 5 heteroatoms. The Morgan fingerprint density at radius 2 is 2.00 bits per heavy atom. The number of methoxy groups -OCH3 is 1. The van der Waals surface area contributed by atoms with E-state index in [0.29, 0.717) is 5.75 Å². The summed E-state index contributed by atoms with van der Waals surface area (Å²) in [7, 11) is 1.57. The van der Waals surface area contributed by atoms with E-state index in [1.54, 1.807) is 13.2 Å². The van der Waals surface area contributed by atoms with Gasteiger partial charge in [0, 0.05) is 6.07 Å². The highest BCUT2D eigenvalue weighted by Crippen LogP contribution is 2.15. The highest BCUT2D eigenvalue weighted by atomic mass is 19.1. The maximum Gasteiger partial charge on any atom is 0.151 e. The third kappa shape index (κ3) is 3.51. The molecule has 0 saturated heterocycles. The Morgan fingerprint density at radius 1 is 1.16 bits per heavy atom. The Kier molecular flexibility index (Phi) is 4.07. The van der Waals surface area contributed by atoms with Gasteiger partial charge in [-0.1, -0.05) is 12.1 Å². The molecule has 0 aliphatic carbocycles. The SMILES string of the molecule is COc1cccc(C=NNc2ccc(F)cc2F)c1. The number of halogens is 2. The summed E-state index contributed by atoms with van der Waals surface area (Å²) < 4.78 is 31.1. The van der Waals surface area contributed by atoms with E-state index >= 15 is 0 Å². The van der Waals surface area contributed by atoms with E-state index in [-0.39, 0.29) is 5.69 Å². The van der Waals surface area contributed by atoms with Crippen LogP contribution in [0.15, 0.2) is 47.6 Å². The van der Waals surface area contributed by atoms with E-state index in [1.165, 1.54) is 12.3 Å². The van der Waals surface area contributed by atoms with Gasteiger partial charge in [0.1, 0.15) is 11.6 Å². The lowest BCUT2D eigenvalue weighted by atomic mass is 10.2. The Hall–Kier alpha value is -2.43. The van der Waals surface area contributed by atoms with Crippen LogP contribution in [-0.2, 0) is 0 Å². The number of benzene rings is 2. The quantitative estimate of drug-likeness (QED) is 0.676.